The summed E-state index contributed by atoms with van der Waals surface area (Å²) in [6.45, 7) is 0. The molecule has 0 unspecified atom stereocenters. The number of H-pyrrole nitrogens is 1. The van der Waals surface area contributed by atoms with Gasteiger partial charge in [-0.1, -0.05) is 36.4 Å². The van der Waals surface area contributed by atoms with Crippen LogP contribution in [0.15, 0.2) is 66.7 Å². The van der Waals surface area contributed by atoms with E-state index >= 15 is 0 Å². The summed E-state index contributed by atoms with van der Waals surface area (Å²) in [5.74, 6) is 0.831. The molecule has 0 fully saturated rings. The first-order valence-electron chi connectivity index (χ1n) is 7.26. The maximum atomic E-state index is 5.67. The first kappa shape index (κ1) is 12.8. The molecule has 0 saturated heterocycles. The van der Waals surface area contributed by atoms with Crippen molar-refractivity contribution >= 4 is 33.2 Å². The first-order chi connectivity index (χ1) is 10.9. The number of aromatic amines is 1. The van der Waals surface area contributed by atoms with Crippen LogP contribution >= 0.6 is 0 Å². The Labute approximate surface area is 128 Å². The molecule has 4 aromatic rings. The Morgan fingerprint density at radius 1 is 0.818 bits per heavy atom. The van der Waals surface area contributed by atoms with Crippen LogP contribution in [0.3, 0.4) is 0 Å². The average Bonchev–Trinajstić information content (AvgIpc) is 2.94. The molecule has 2 N–H and O–H groups in total. The van der Waals surface area contributed by atoms with E-state index in [-0.39, 0.29) is 0 Å². The minimum Gasteiger partial charge on any atom is -0.492 e. The summed E-state index contributed by atoms with van der Waals surface area (Å²) in [7, 11) is 1.70. The predicted octanol–water partition coefficient (Wildman–Crippen LogP) is 5.07. The van der Waals surface area contributed by atoms with E-state index in [1.54, 1.807) is 7.11 Å². The lowest BCUT2D eigenvalue weighted by molar-refractivity contribution is 0.421. The Balaban J connectivity index is 1.91. The van der Waals surface area contributed by atoms with E-state index in [0.29, 0.717) is 0 Å². The van der Waals surface area contributed by atoms with Crippen LogP contribution in [-0.4, -0.2) is 12.1 Å². The van der Waals surface area contributed by atoms with Gasteiger partial charge in [-0.3, -0.25) is 0 Å². The van der Waals surface area contributed by atoms with Crippen molar-refractivity contribution in [3.63, 3.8) is 0 Å². The summed E-state index contributed by atoms with van der Waals surface area (Å²) in [6.07, 6.45) is 0. The summed E-state index contributed by atoms with van der Waals surface area (Å²) in [5, 5.41) is 5.80. The Hall–Kier alpha value is -2.94. The highest BCUT2D eigenvalue weighted by Crippen LogP contribution is 2.38. The molecule has 4 rings (SSSR count). The van der Waals surface area contributed by atoms with Gasteiger partial charge in [0.05, 0.1) is 18.3 Å². The second-order valence-electron chi connectivity index (χ2n) is 5.23. The van der Waals surface area contributed by atoms with Crippen molar-refractivity contribution in [2.24, 2.45) is 0 Å². The van der Waals surface area contributed by atoms with Gasteiger partial charge in [0.15, 0.2) is 5.75 Å². The normalized spacial score (nSPS) is 11.0. The van der Waals surface area contributed by atoms with Crippen molar-refractivity contribution in [2.75, 3.05) is 12.4 Å². The second-order valence-corrected chi connectivity index (χ2v) is 5.23. The third-order valence-electron chi connectivity index (χ3n) is 3.89. The van der Waals surface area contributed by atoms with Crippen molar-refractivity contribution in [2.45, 2.75) is 0 Å². The molecule has 1 heterocycles. The smallest absolute Gasteiger partial charge is 0.166 e. The highest BCUT2D eigenvalue weighted by atomic mass is 16.5. The summed E-state index contributed by atoms with van der Waals surface area (Å²) in [4.78, 5) is 3.46. The molecule has 0 aliphatic carbocycles. The summed E-state index contributed by atoms with van der Waals surface area (Å²) < 4.78 is 5.67. The van der Waals surface area contributed by atoms with Gasteiger partial charge in [-0.2, -0.15) is 0 Å². The molecule has 0 bridgehead atoms. The lowest BCUT2D eigenvalue weighted by Gasteiger charge is -2.12. The molecule has 0 saturated carbocycles. The van der Waals surface area contributed by atoms with Crippen LogP contribution in [0.5, 0.6) is 5.75 Å². The van der Waals surface area contributed by atoms with Gasteiger partial charge in [0.2, 0.25) is 0 Å². The largest absolute Gasteiger partial charge is 0.492 e. The molecule has 3 heteroatoms. The molecule has 0 spiro atoms. The van der Waals surface area contributed by atoms with Gasteiger partial charge >= 0.3 is 0 Å². The molecule has 22 heavy (non-hydrogen) atoms. The molecule has 0 aliphatic heterocycles. The number of para-hydroxylation sites is 2. The van der Waals surface area contributed by atoms with Crippen LogP contribution in [0.1, 0.15) is 0 Å². The lowest BCUT2D eigenvalue weighted by Crippen LogP contribution is -1.95. The minimum atomic E-state index is 0.831. The minimum absolute atomic E-state index is 0.831. The Kier molecular flexibility index (Phi) is 2.97. The second kappa shape index (κ2) is 5.11. The number of rotatable bonds is 3. The van der Waals surface area contributed by atoms with Gasteiger partial charge in [0.1, 0.15) is 0 Å². The molecule has 0 radical (unpaired) electrons. The van der Waals surface area contributed by atoms with Crippen LogP contribution in [0, 0.1) is 0 Å². The number of benzene rings is 3. The number of hydrogen-bond donors (Lipinski definition) is 2. The van der Waals surface area contributed by atoms with Gasteiger partial charge in [-0.15, -0.1) is 0 Å². The third kappa shape index (κ3) is 1.99. The standard InChI is InChI=1S/C19H16N2O/c1-22-19-17(20-13-7-3-2-4-8-13)12-11-15-14-9-5-6-10-16(14)21-18(15)19/h2-12,20-21H,1H3. The van der Waals surface area contributed by atoms with E-state index < -0.39 is 0 Å². The zero-order valence-electron chi connectivity index (χ0n) is 12.3. The average molecular weight is 288 g/mol. The summed E-state index contributed by atoms with van der Waals surface area (Å²) >= 11 is 0. The maximum Gasteiger partial charge on any atom is 0.166 e. The predicted molar refractivity (Wildman–Crippen MR) is 92.1 cm³/mol. The van der Waals surface area contributed by atoms with Gasteiger partial charge in [-0.25, -0.2) is 0 Å². The fraction of sp³-hybridized carbons (Fsp3) is 0.0526. The Bertz CT molecular complexity index is 942. The zero-order chi connectivity index (χ0) is 14.9. The van der Waals surface area contributed by atoms with Crippen molar-refractivity contribution in [1.82, 2.24) is 4.98 Å². The molecule has 0 atom stereocenters. The monoisotopic (exact) mass is 288 g/mol. The van der Waals surface area contributed by atoms with Crippen LogP contribution in [0.4, 0.5) is 11.4 Å². The lowest BCUT2D eigenvalue weighted by atomic mass is 10.1. The van der Waals surface area contributed by atoms with Gasteiger partial charge in [0, 0.05) is 22.0 Å². The number of hydrogen-bond acceptors (Lipinski definition) is 2. The number of anilines is 2. The van der Waals surface area contributed by atoms with Gasteiger partial charge in [-0.05, 0) is 30.3 Å². The summed E-state index contributed by atoms with van der Waals surface area (Å²) in [5.41, 5.74) is 4.13. The van der Waals surface area contributed by atoms with Crippen molar-refractivity contribution < 1.29 is 4.74 Å². The van der Waals surface area contributed by atoms with Crippen molar-refractivity contribution in [1.29, 1.82) is 0 Å². The van der Waals surface area contributed by atoms with E-state index in [0.717, 1.165) is 28.2 Å². The summed E-state index contributed by atoms with van der Waals surface area (Å²) in [6, 6.07) is 22.6. The molecule has 3 aromatic carbocycles. The fourth-order valence-corrected chi connectivity index (χ4v) is 2.88. The molecule has 0 aliphatic rings. The number of fused-ring (bicyclic) bond motifs is 3. The van der Waals surface area contributed by atoms with E-state index in [4.69, 9.17) is 4.74 Å². The molecular formula is C19H16N2O. The van der Waals surface area contributed by atoms with Crippen LogP contribution in [-0.2, 0) is 0 Å². The van der Waals surface area contributed by atoms with E-state index in [1.807, 2.05) is 36.4 Å². The fourth-order valence-electron chi connectivity index (χ4n) is 2.88. The Morgan fingerprint density at radius 2 is 1.59 bits per heavy atom. The number of ether oxygens (including phenoxy) is 1. The maximum absolute atomic E-state index is 5.67. The highest BCUT2D eigenvalue weighted by Gasteiger charge is 2.12. The van der Waals surface area contributed by atoms with Crippen molar-refractivity contribution in [3.05, 3.63) is 66.7 Å². The van der Waals surface area contributed by atoms with Crippen molar-refractivity contribution in [3.8, 4) is 5.75 Å². The third-order valence-corrected chi connectivity index (χ3v) is 3.89. The van der Waals surface area contributed by atoms with Crippen LogP contribution in [0.25, 0.3) is 21.8 Å². The topological polar surface area (TPSA) is 37.0 Å². The zero-order valence-corrected chi connectivity index (χ0v) is 12.3. The Morgan fingerprint density at radius 3 is 2.41 bits per heavy atom. The number of aromatic nitrogens is 1. The molecule has 1 aromatic heterocycles. The molecule has 0 amide bonds. The van der Waals surface area contributed by atoms with Gasteiger partial charge in [0.25, 0.3) is 0 Å². The highest BCUT2D eigenvalue weighted by molar-refractivity contribution is 6.10. The van der Waals surface area contributed by atoms with Gasteiger partial charge < -0.3 is 15.0 Å². The van der Waals surface area contributed by atoms with Crippen LogP contribution < -0.4 is 10.1 Å². The van der Waals surface area contributed by atoms with Crippen LogP contribution in [0.2, 0.25) is 0 Å². The molecular weight excluding hydrogens is 272 g/mol. The first-order valence-corrected chi connectivity index (χ1v) is 7.26. The SMILES string of the molecule is COc1c(Nc2ccccc2)ccc2c1[nH]c1ccccc12. The quantitative estimate of drug-likeness (QED) is 0.552. The molecule has 108 valence electrons. The van der Waals surface area contributed by atoms with E-state index in [1.165, 1.54) is 10.8 Å². The number of methoxy groups -OCH3 is 1. The number of nitrogens with one attached hydrogen (secondary N) is 2. The van der Waals surface area contributed by atoms with E-state index in [2.05, 4.69) is 40.6 Å². The van der Waals surface area contributed by atoms with E-state index in [9.17, 15) is 0 Å². The molecule has 3 nitrogen and oxygen atoms in total.